The van der Waals surface area contributed by atoms with Crippen molar-refractivity contribution in [3.63, 3.8) is 0 Å². The van der Waals surface area contributed by atoms with Gasteiger partial charge >= 0.3 is 176 Å². The van der Waals surface area contributed by atoms with Gasteiger partial charge < -0.3 is 0 Å². The van der Waals surface area contributed by atoms with Gasteiger partial charge in [-0.15, -0.1) is 0 Å². The van der Waals surface area contributed by atoms with Crippen molar-refractivity contribution in [2.24, 2.45) is 0 Å². The van der Waals surface area contributed by atoms with Gasteiger partial charge in [0.1, 0.15) is 0 Å². The van der Waals surface area contributed by atoms with Crippen LogP contribution in [0.3, 0.4) is 0 Å². The van der Waals surface area contributed by atoms with E-state index in [0.29, 0.717) is 0 Å². The summed E-state index contributed by atoms with van der Waals surface area (Å²) in [6.45, 7) is 7.63. The first-order valence-electron chi connectivity index (χ1n) is 12.3. The molecule has 0 aromatic rings. The summed E-state index contributed by atoms with van der Waals surface area (Å²) in [6, 6.07) is 0. The normalized spacial score (nSPS) is 22.0. The van der Waals surface area contributed by atoms with Gasteiger partial charge in [-0.2, -0.15) is 0 Å². The summed E-state index contributed by atoms with van der Waals surface area (Å²) in [4.78, 5) is 0. The van der Waals surface area contributed by atoms with Gasteiger partial charge in [-0.1, -0.05) is 0 Å². The Morgan fingerprint density at radius 1 is 0.769 bits per heavy atom. The van der Waals surface area contributed by atoms with E-state index in [4.69, 9.17) is 8.92 Å². The monoisotopic (exact) mass is 506 g/mol. The summed E-state index contributed by atoms with van der Waals surface area (Å²) in [6.07, 6.45) is 25.2. The van der Waals surface area contributed by atoms with E-state index in [0.717, 1.165) is 11.4 Å². The summed E-state index contributed by atoms with van der Waals surface area (Å²) < 4.78 is 3.13. The van der Waals surface area contributed by atoms with Crippen LogP contribution in [0.2, 0.25) is 24.5 Å². The number of hydrogen-bond donors (Lipinski definition) is 0. The Morgan fingerprint density at radius 2 is 1.23 bits per heavy atom. The van der Waals surface area contributed by atoms with E-state index in [9.17, 15) is 0 Å². The van der Waals surface area contributed by atoms with Crippen LogP contribution in [0.25, 0.3) is 0 Å². The Hall–Kier alpha value is 1.31. The van der Waals surface area contributed by atoms with Crippen molar-refractivity contribution in [3.8, 4) is 0 Å². The second kappa shape index (κ2) is 12.8. The molecule has 2 rings (SSSR count). The molecule has 0 N–H and O–H groups in total. The van der Waals surface area contributed by atoms with Gasteiger partial charge in [0.25, 0.3) is 0 Å². The van der Waals surface area contributed by atoms with Crippen LogP contribution in [0.5, 0.6) is 0 Å². The minimum atomic E-state index is -2.62. The predicted molar refractivity (Wildman–Crippen MR) is 126 cm³/mol. The fourth-order valence-electron chi connectivity index (χ4n) is 6.24. The van der Waals surface area contributed by atoms with Crippen LogP contribution in [-0.4, -0.2) is 26.0 Å². The second-order valence-electron chi connectivity index (χ2n) is 9.90. The van der Waals surface area contributed by atoms with Crippen LogP contribution in [0.15, 0.2) is 0 Å². The fourth-order valence-corrected chi connectivity index (χ4v) is 43.9. The van der Waals surface area contributed by atoms with Gasteiger partial charge in [0.05, 0.1) is 0 Å². The van der Waals surface area contributed by atoms with Crippen molar-refractivity contribution in [3.05, 3.63) is 0 Å². The van der Waals surface area contributed by atoms with Crippen molar-refractivity contribution in [2.75, 3.05) is 0 Å². The molecular formula is C23H47ClSiSn. The summed E-state index contributed by atoms with van der Waals surface area (Å²) in [7, 11) is 7.41. The Bertz CT molecular complexity index is 343. The molecule has 0 nitrogen and oxygen atoms in total. The molecule has 0 bridgehead atoms. The van der Waals surface area contributed by atoms with Gasteiger partial charge in [-0.3, -0.25) is 0 Å². The van der Waals surface area contributed by atoms with E-state index in [-0.39, 0.29) is 0 Å². The minimum absolute atomic E-state index is 0.656. The van der Waals surface area contributed by atoms with Gasteiger partial charge in [-0.25, -0.2) is 0 Å². The third kappa shape index (κ3) is 6.68. The average Bonchev–Trinajstić information content (AvgIpc) is 2.68. The molecule has 0 aromatic heterocycles. The topological polar surface area (TPSA) is 0 Å². The zero-order chi connectivity index (χ0) is 18.8. The number of rotatable bonds is 11. The zero-order valence-electron chi connectivity index (χ0n) is 18.2. The SMILES string of the molecule is CCCCCCCC[CH]([SiH](C)C)[Sn]([Cl])([CH]1CCCCC1)[CH]1CCCCC1. The average molecular weight is 506 g/mol. The van der Waals surface area contributed by atoms with Crippen molar-refractivity contribution in [1.82, 2.24) is 0 Å². The van der Waals surface area contributed by atoms with Gasteiger partial charge in [0.15, 0.2) is 0 Å². The van der Waals surface area contributed by atoms with E-state index >= 15 is 0 Å². The number of halogens is 1. The molecule has 1 atom stereocenters. The molecule has 0 amide bonds. The first-order chi connectivity index (χ1) is 12.6. The Kier molecular flexibility index (Phi) is 11.6. The Labute approximate surface area is 174 Å². The summed E-state index contributed by atoms with van der Waals surface area (Å²) in [5.74, 6) is 0. The van der Waals surface area contributed by atoms with Crippen molar-refractivity contribution < 1.29 is 0 Å². The molecule has 2 aliphatic carbocycles. The molecule has 0 aromatic carbocycles. The summed E-state index contributed by atoms with van der Waals surface area (Å²) >= 11 is -2.62. The predicted octanol–water partition coefficient (Wildman–Crippen LogP) is 8.99. The maximum absolute atomic E-state index is 8.07. The molecule has 0 saturated heterocycles. The van der Waals surface area contributed by atoms with E-state index in [1.807, 2.05) is 0 Å². The van der Waals surface area contributed by atoms with Gasteiger partial charge in [-0.05, 0) is 0 Å². The standard InChI is InChI=1S/C11H25Si.2C6H11.ClH.Sn/c1-4-5-6-7-8-9-10-11-12(2)3;2*1-2-4-6-5-3-1;;/h11-12H,4-10H2,1-3H3;2*1H,2-6H2;1H;/q;;;;+1/p-1. The molecule has 2 aliphatic rings. The first-order valence-corrected chi connectivity index (χ1v) is 23.8. The third-order valence-corrected chi connectivity index (χ3v) is 41.0. The van der Waals surface area contributed by atoms with Crippen molar-refractivity contribution in [1.29, 1.82) is 0 Å². The molecular weight excluding hydrogens is 459 g/mol. The number of hydrogen-bond acceptors (Lipinski definition) is 0. The zero-order valence-corrected chi connectivity index (χ0v) is 23.0. The van der Waals surface area contributed by atoms with Gasteiger partial charge in [0, 0.05) is 0 Å². The van der Waals surface area contributed by atoms with Crippen LogP contribution in [-0.2, 0) is 0 Å². The summed E-state index contributed by atoms with van der Waals surface area (Å²) in [5, 5.41) is 0. The summed E-state index contributed by atoms with van der Waals surface area (Å²) in [5.41, 5.74) is 0. The van der Waals surface area contributed by atoms with E-state index < -0.39 is 26.0 Å². The molecule has 2 fully saturated rings. The van der Waals surface area contributed by atoms with Crippen LogP contribution >= 0.6 is 8.92 Å². The van der Waals surface area contributed by atoms with Crippen LogP contribution in [0, 0.1) is 0 Å². The number of unbranched alkanes of at least 4 members (excludes halogenated alkanes) is 5. The molecule has 3 heteroatoms. The Morgan fingerprint density at radius 3 is 1.69 bits per heavy atom. The van der Waals surface area contributed by atoms with Crippen LogP contribution < -0.4 is 0 Å². The van der Waals surface area contributed by atoms with Crippen molar-refractivity contribution >= 4 is 35.0 Å². The first kappa shape index (κ1) is 23.6. The quantitative estimate of drug-likeness (QED) is 0.194. The third-order valence-electron chi connectivity index (χ3n) is 7.70. The molecule has 154 valence electrons. The maximum atomic E-state index is 8.07. The van der Waals surface area contributed by atoms with E-state index in [1.54, 1.807) is 0 Å². The molecule has 0 spiro atoms. The molecule has 0 heterocycles. The molecule has 2 saturated carbocycles. The van der Waals surface area contributed by atoms with Crippen LogP contribution in [0.1, 0.15) is 116 Å². The fraction of sp³-hybridized carbons (Fsp3) is 1.00. The molecule has 0 radical (unpaired) electrons. The molecule has 0 aliphatic heterocycles. The molecule has 26 heavy (non-hydrogen) atoms. The van der Waals surface area contributed by atoms with E-state index in [1.165, 1.54) is 109 Å². The Balaban J connectivity index is 2.05. The van der Waals surface area contributed by atoms with Crippen molar-refractivity contribution in [2.45, 2.75) is 141 Å². The van der Waals surface area contributed by atoms with E-state index in [2.05, 4.69) is 20.0 Å². The van der Waals surface area contributed by atoms with Gasteiger partial charge in [0.2, 0.25) is 0 Å². The second-order valence-corrected chi connectivity index (χ2v) is 31.0. The van der Waals surface area contributed by atoms with Crippen LogP contribution in [0.4, 0.5) is 0 Å². The molecule has 1 unspecified atom stereocenters.